The van der Waals surface area contributed by atoms with E-state index in [4.69, 9.17) is 4.55 Å². The molecule has 0 radical (unpaired) electrons. The first-order chi connectivity index (χ1) is 6.89. The molecule has 0 saturated heterocycles. The highest BCUT2D eigenvalue weighted by Crippen LogP contribution is 2.03. The first-order valence-electron chi connectivity index (χ1n) is 4.57. The molecule has 0 aromatic carbocycles. The number of hydrogen-bond acceptors (Lipinski definition) is 4. The minimum atomic E-state index is -4.63. The second-order valence-corrected chi connectivity index (χ2v) is 5.81. The van der Waals surface area contributed by atoms with Crippen LogP contribution < -0.4 is 5.11 Å². The van der Waals surface area contributed by atoms with E-state index in [-0.39, 0.29) is 6.42 Å². The summed E-state index contributed by atoms with van der Waals surface area (Å²) in [6.45, 7) is 1.54. The monoisotopic (exact) mass is 253 g/mol. The molecule has 0 aromatic rings. The van der Waals surface area contributed by atoms with Crippen LogP contribution in [0.25, 0.3) is 0 Å². The summed E-state index contributed by atoms with van der Waals surface area (Å²) < 4.78 is 29.7. The Morgan fingerprint density at radius 1 is 1.31 bits per heavy atom. The SMILES string of the molecule is CC/C=C(\C(=O)[O-])S(=O)(=O)O.C[N+](C)(C)C. The van der Waals surface area contributed by atoms with E-state index in [1.165, 1.54) is 6.92 Å². The number of nitrogens with zero attached hydrogens (tertiary/aromatic N) is 1. The molecule has 0 fully saturated rings. The molecule has 0 bridgehead atoms. The average Bonchev–Trinajstić information content (AvgIpc) is 1.93. The molecular weight excluding hydrogens is 234 g/mol. The molecule has 7 heteroatoms. The van der Waals surface area contributed by atoms with Gasteiger partial charge in [-0.1, -0.05) is 13.0 Å². The van der Waals surface area contributed by atoms with Gasteiger partial charge in [0.05, 0.1) is 34.2 Å². The summed E-state index contributed by atoms with van der Waals surface area (Å²) in [5.41, 5.74) is 0. The molecular formula is C9H19NO5S. The van der Waals surface area contributed by atoms with Gasteiger partial charge in [-0.05, 0) is 6.42 Å². The molecule has 96 valence electrons. The van der Waals surface area contributed by atoms with E-state index >= 15 is 0 Å². The number of rotatable bonds is 3. The molecule has 16 heavy (non-hydrogen) atoms. The third-order valence-corrected chi connectivity index (χ3v) is 1.76. The normalized spacial score (nSPS) is 12.8. The van der Waals surface area contributed by atoms with E-state index in [0.29, 0.717) is 0 Å². The summed E-state index contributed by atoms with van der Waals surface area (Å²) >= 11 is 0. The third kappa shape index (κ3) is 13.1. The van der Waals surface area contributed by atoms with Crippen molar-refractivity contribution in [2.24, 2.45) is 0 Å². The molecule has 0 amide bonds. The van der Waals surface area contributed by atoms with E-state index in [9.17, 15) is 18.3 Å². The highest BCUT2D eigenvalue weighted by molar-refractivity contribution is 7.90. The van der Waals surface area contributed by atoms with Gasteiger partial charge in [0.25, 0.3) is 10.1 Å². The van der Waals surface area contributed by atoms with Gasteiger partial charge in [-0.3, -0.25) is 4.55 Å². The Labute approximate surface area is 96.5 Å². The molecule has 0 rings (SSSR count). The highest BCUT2D eigenvalue weighted by Gasteiger charge is 2.13. The standard InChI is InChI=1S/C5H8O5S.C4H12N/c1-2-3-4(5(6)7)11(8,9)10;1-5(2,3)4/h3H,2H2,1H3,(H,6,7)(H,8,9,10);1-4H3/q;+1/p-1/b4-3+;. The Kier molecular flexibility index (Phi) is 7.23. The molecule has 0 heterocycles. The van der Waals surface area contributed by atoms with Crippen molar-refractivity contribution in [3.63, 3.8) is 0 Å². The first kappa shape index (κ1) is 17.5. The van der Waals surface area contributed by atoms with Crippen LogP contribution >= 0.6 is 0 Å². The van der Waals surface area contributed by atoms with Crippen LogP contribution in [0.15, 0.2) is 11.0 Å². The minimum Gasteiger partial charge on any atom is -0.544 e. The second-order valence-electron chi connectivity index (χ2n) is 4.42. The first-order valence-corrected chi connectivity index (χ1v) is 6.01. The maximum atomic E-state index is 10.2. The zero-order chi connectivity index (χ0) is 13.6. The predicted octanol–water partition coefficient (Wildman–Crippen LogP) is -0.760. The highest BCUT2D eigenvalue weighted by atomic mass is 32.2. The quantitative estimate of drug-likeness (QED) is 0.405. The van der Waals surface area contributed by atoms with Crippen molar-refractivity contribution in [2.75, 3.05) is 28.2 Å². The molecule has 0 aliphatic carbocycles. The van der Waals surface area contributed by atoms with Gasteiger partial charge in [-0.2, -0.15) is 8.42 Å². The molecule has 0 aromatic heterocycles. The van der Waals surface area contributed by atoms with Crippen LogP contribution in [0.3, 0.4) is 0 Å². The average molecular weight is 253 g/mol. The third-order valence-electron chi connectivity index (χ3n) is 0.869. The van der Waals surface area contributed by atoms with Gasteiger partial charge in [0.2, 0.25) is 0 Å². The van der Waals surface area contributed by atoms with Gasteiger partial charge >= 0.3 is 0 Å². The minimum absolute atomic E-state index is 0.198. The Morgan fingerprint density at radius 3 is 1.69 bits per heavy atom. The summed E-state index contributed by atoms with van der Waals surface area (Å²) in [4.78, 5) is 8.93. The lowest BCUT2D eigenvalue weighted by molar-refractivity contribution is -0.849. The van der Waals surface area contributed by atoms with Crippen LogP contribution in [0.2, 0.25) is 0 Å². The summed E-state index contributed by atoms with van der Waals surface area (Å²) in [6, 6.07) is 0. The maximum absolute atomic E-state index is 10.2. The molecule has 0 unspecified atom stereocenters. The van der Waals surface area contributed by atoms with E-state index in [1.807, 2.05) is 0 Å². The topological polar surface area (TPSA) is 94.5 Å². The zero-order valence-corrected chi connectivity index (χ0v) is 11.0. The Hall–Kier alpha value is -0.920. The molecule has 0 spiro atoms. The fourth-order valence-corrected chi connectivity index (χ4v) is 1.07. The van der Waals surface area contributed by atoms with Crippen molar-refractivity contribution in [2.45, 2.75) is 13.3 Å². The number of carbonyl (C=O) groups is 1. The largest absolute Gasteiger partial charge is 0.544 e. The summed E-state index contributed by atoms with van der Waals surface area (Å²) in [5.74, 6) is -1.89. The van der Waals surface area contributed by atoms with Crippen molar-refractivity contribution in [1.29, 1.82) is 0 Å². The second kappa shape index (κ2) is 6.62. The fourth-order valence-electron chi connectivity index (χ4n) is 0.479. The van der Waals surface area contributed by atoms with Gasteiger partial charge in [0.15, 0.2) is 0 Å². The fraction of sp³-hybridized carbons (Fsp3) is 0.667. The number of aliphatic carboxylic acids is 1. The van der Waals surface area contributed by atoms with Crippen LogP contribution in [-0.2, 0) is 14.9 Å². The van der Waals surface area contributed by atoms with Crippen molar-refractivity contribution < 1.29 is 27.4 Å². The number of carboxylic acids is 1. The Bertz CT molecular complexity index is 345. The Balaban J connectivity index is 0. The summed E-state index contributed by atoms with van der Waals surface area (Å²) in [7, 11) is 3.87. The predicted molar refractivity (Wildman–Crippen MR) is 58.9 cm³/mol. The number of allylic oxidation sites excluding steroid dienone is 1. The Morgan fingerprint density at radius 2 is 1.62 bits per heavy atom. The van der Waals surface area contributed by atoms with Gasteiger partial charge in [0, 0.05) is 0 Å². The lowest BCUT2D eigenvalue weighted by Crippen LogP contribution is -2.28. The van der Waals surface area contributed by atoms with Gasteiger partial charge in [-0.25, -0.2) is 0 Å². The van der Waals surface area contributed by atoms with Gasteiger partial charge < -0.3 is 14.4 Å². The zero-order valence-electron chi connectivity index (χ0n) is 10.2. The number of carboxylic acid groups (broad SMARTS) is 1. The van der Waals surface area contributed by atoms with E-state index < -0.39 is 21.0 Å². The molecule has 0 atom stereocenters. The van der Waals surface area contributed by atoms with E-state index in [1.54, 1.807) is 0 Å². The van der Waals surface area contributed by atoms with Crippen molar-refractivity contribution >= 4 is 16.1 Å². The summed E-state index contributed by atoms with van der Waals surface area (Å²) in [6.07, 6.45) is 1.06. The molecule has 0 aliphatic rings. The maximum Gasteiger partial charge on any atom is 0.296 e. The number of carbonyl (C=O) groups excluding carboxylic acids is 1. The molecule has 0 saturated carbocycles. The van der Waals surface area contributed by atoms with E-state index in [2.05, 4.69) is 28.2 Å². The van der Waals surface area contributed by atoms with Gasteiger partial charge in [0.1, 0.15) is 4.91 Å². The number of hydrogen-bond donors (Lipinski definition) is 1. The molecule has 0 aliphatic heterocycles. The van der Waals surface area contributed by atoms with E-state index in [0.717, 1.165) is 10.6 Å². The van der Waals surface area contributed by atoms with Crippen molar-refractivity contribution in [3.05, 3.63) is 11.0 Å². The van der Waals surface area contributed by atoms with Crippen LogP contribution in [0.1, 0.15) is 13.3 Å². The smallest absolute Gasteiger partial charge is 0.296 e. The lowest BCUT2D eigenvalue weighted by atomic mass is 10.4. The van der Waals surface area contributed by atoms with Gasteiger partial charge in [-0.15, -0.1) is 0 Å². The van der Waals surface area contributed by atoms with Crippen LogP contribution in [0.4, 0.5) is 0 Å². The lowest BCUT2D eigenvalue weighted by Gasteiger charge is -2.14. The van der Waals surface area contributed by atoms with Crippen LogP contribution in [0.5, 0.6) is 0 Å². The van der Waals surface area contributed by atoms with Crippen molar-refractivity contribution in [1.82, 2.24) is 0 Å². The number of quaternary nitrogens is 1. The van der Waals surface area contributed by atoms with Crippen molar-refractivity contribution in [3.8, 4) is 0 Å². The van der Waals surface area contributed by atoms with Crippen LogP contribution in [-0.4, -0.2) is 51.6 Å². The summed E-state index contributed by atoms with van der Waals surface area (Å²) in [5, 5.41) is 10.0. The molecule has 6 nitrogen and oxygen atoms in total. The molecule has 1 N–H and O–H groups in total. The van der Waals surface area contributed by atoms with Crippen LogP contribution in [0, 0.1) is 0 Å².